The van der Waals surface area contributed by atoms with Gasteiger partial charge in [-0.1, -0.05) is 32.9 Å². The van der Waals surface area contributed by atoms with Crippen LogP contribution in [0.3, 0.4) is 0 Å². The molecular weight excluding hydrogens is 421 g/mol. The Morgan fingerprint density at radius 1 is 1.17 bits per heavy atom. The zero-order valence-electron chi connectivity index (χ0n) is 14.8. The van der Waals surface area contributed by atoms with Crippen LogP contribution < -0.4 is 15.4 Å². The van der Waals surface area contributed by atoms with Crippen molar-refractivity contribution >= 4 is 41.7 Å². The standard InChI is InChI=1S/C17H29N3OS.HI/c1-13(2)10-19-17(18-4)20-11-14(3)12-22-16-9-7-6-8-15(16)21-5;/h6-9,13-14H,10-12H2,1-5H3,(H2,18,19,20);1H. The van der Waals surface area contributed by atoms with Crippen molar-refractivity contribution in [3.05, 3.63) is 24.3 Å². The first-order valence-corrected chi connectivity index (χ1v) is 8.75. The van der Waals surface area contributed by atoms with Gasteiger partial charge >= 0.3 is 0 Å². The van der Waals surface area contributed by atoms with Crippen LogP contribution in [0.4, 0.5) is 0 Å². The van der Waals surface area contributed by atoms with Gasteiger partial charge < -0.3 is 15.4 Å². The van der Waals surface area contributed by atoms with Gasteiger partial charge in [0.05, 0.1) is 7.11 Å². The summed E-state index contributed by atoms with van der Waals surface area (Å²) in [6, 6.07) is 8.15. The van der Waals surface area contributed by atoms with E-state index in [2.05, 4.69) is 42.5 Å². The molecule has 0 heterocycles. The van der Waals surface area contributed by atoms with Crippen molar-refractivity contribution < 1.29 is 4.74 Å². The van der Waals surface area contributed by atoms with Crippen LogP contribution in [0.2, 0.25) is 0 Å². The first-order chi connectivity index (χ1) is 10.6. The molecule has 1 aromatic carbocycles. The number of nitrogens with zero attached hydrogens (tertiary/aromatic N) is 1. The Hall–Kier alpha value is -0.630. The molecule has 0 saturated carbocycles. The third-order valence-electron chi connectivity index (χ3n) is 3.11. The second-order valence-corrected chi connectivity index (χ2v) is 6.86. The van der Waals surface area contributed by atoms with Gasteiger partial charge in [-0.15, -0.1) is 35.7 Å². The fourth-order valence-electron chi connectivity index (χ4n) is 1.82. The molecule has 0 spiro atoms. The van der Waals surface area contributed by atoms with Crippen molar-refractivity contribution in [3.63, 3.8) is 0 Å². The maximum Gasteiger partial charge on any atom is 0.190 e. The molecule has 0 saturated heterocycles. The Balaban J connectivity index is 0.00000484. The first kappa shape index (κ1) is 22.4. The quantitative estimate of drug-likeness (QED) is 0.273. The van der Waals surface area contributed by atoms with Gasteiger partial charge in [0.15, 0.2) is 5.96 Å². The predicted molar refractivity (Wildman–Crippen MR) is 112 cm³/mol. The third kappa shape index (κ3) is 9.30. The molecule has 1 atom stereocenters. The molecule has 0 aliphatic carbocycles. The van der Waals surface area contributed by atoms with E-state index in [9.17, 15) is 0 Å². The molecule has 6 heteroatoms. The van der Waals surface area contributed by atoms with E-state index >= 15 is 0 Å². The summed E-state index contributed by atoms with van der Waals surface area (Å²) in [5.41, 5.74) is 0. The van der Waals surface area contributed by atoms with E-state index in [0.717, 1.165) is 30.6 Å². The van der Waals surface area contributed by atoms with Crippen molar-refractivity contribution in [2.24, 2.45) is 16.8 Å². The van der Waals surface area contributed by atoms with Gasteiger partial charge in [-0.2, -0.15) is 0 Å². The summed E-state index contributed by atoms with van der Waals surface area (Å²) >= 11 is 1.83. The Morgan fingerprint density at radius 2 is 1.83 bits per heavy atom. The SMILES string of the molecule is CN=C(NCC(C)C)NCC(C)CSc1ccccc1OC.I. The first-order valence-electron chi connectivity index (χ1n) is 7.77. The molecule has 23 heavy (non-hydrogen) atoms. The number of ether oxygens (including phenoxy) is 1. The number of para-hydroxylation sites is 1. The molecule has 1 aromatic rings. The van der Waals surface area contributed by atoms with Crippen molar-refractivity contribution in [1.82, 2.24) is 10.6 Å². The smallest absolute Gasteiger partial charge is 0.190 e. The molecule has 0 aliphatic rings. The molecule has 4 nitrogen and oxygen atoms in total. The van der Waals surface area contributed by atoms with E-state index in [1.807, 2.05) is 37.0 Å². The van der Waals surface area contributed by atoms with Crippen LogP contribution in [0.25, 0.3) is 0 Å². The molecule has 2 N–H and O–H groups in total. The van der Waals surface area contributed by atoms with Gasteiger partial charge in [-0.05, 0) is 24.0 Å². The second-order valence-electron chi connectivity index (χ2n) is 5.79. The van der Waals surface area contributed by atoms with E-state index in [-0.39, 0.29) is 24.0 Å². The van der Waals surface area contributed by atoms with Crippen LogP contribution in [0.1, 0.15) is 20.8 Å². The van der Waals surface area contributed by atoms with Gasteiger partial charge in [0.2, 0.25) is 0 Å². The number of thioether (sulfide) groups is 1. The van der Waals surface area contributed by atoms with Crippen molar-refractivity contribution in [2.45, 2.75) is 25.7 Å². The van der Waals surface area contributed by atoms with Crippen LogP contribution in [0.5, 0.6) is 5.75 Å². The Kier molecular flexibility index (Phi) is 12.4. The summed E-state index contributed by atoms with van der Waals surface area (Å²) < 4.78 is 5.38. The average Bonchev–Trinajstić information content (AvgIpc) is 2.53. The summed E-state index contributed by atoms with van der Waals surface area (Å²) in [7, 11) is 3.53. The molecule has 1 rings (SSSR count). The number of aliphatic imine (C=N–C) groups is 1. The number of hydrogen-bond acceptors (Lipinski definition) is 3. The molecule has 0 radical (unpaired) electrons. The molecule has 1 unspecified atom stereocenters. The number of benzene rings is 1. The highest BCUT2D eigenvalue weighted by Crippen LogP contribution is 2.29. The second kappa shape index (κ2) is 12.8. The minimum atomic E-state index is 0. The summed E-state index contributed by atoms with van der Waals surface area (Å²) in [6.07, 6.45) is 0. The zero-order valence-corrected chi connectivity index (χ0v) is 17.9. The van der Waals surface area contributed by atoms with Crippen LogP contribution in [-0.4, -0.2) is 39.0 Å². The fraction of sp³-hybridized carbons (Fsp3) is 0.588. The molecule has 132 valence electrons. The van der Waals surface area contributed by atoms with Crippen LogP contribution in [0.15, 0.2) is 34.2 Å². The van der Waals surface area contributed by atoms with Crippen LogP contribution in [-0.2, 0) is 0 Å². The monoisotopic (exact) mass is 451 g/mol. The summed E-state index contributed by atoms with van der Waals surface area (Å²) in [6.45, 7) is 8.45. The predicted octanol–water partition coefficient (Wildman–Crippen LogP) is 3.86. The minimum absolute atomic E-state index is 0. The molecule has 0 bridgehead atoms. The van der Waals surface area contributed by atoms with Gasteiger partial charge in [-0.3, -0.25) is 4.99 Å². The lowest BCUT2D eigenvalue weighted by molar-refractivity contribution is 0.405. The maximum absolute atomic E-state index is 5.38. The molecule has 0 aliphatic heterocycles. The van der Waals surface area contributed by atoms with E-state index in [0.29, 0.717) is 11.8 Å². The highest BCUT2D eigenvalue weighted by atomic mass is 127. The summed E-state index contributed by atoms with van der Waals surface area (Å²) in [5.74, 6) is 4.00. The van der Waals surface area contributed by atoms with E-state index in [1.165, 1.54) is 4.90 Å². The van der Waals surface area contributed by atoms with Crippen molar-refractivity contribution in [1.29, 1.82) is 0 Å². The van der Waals surface area contributed by atoms with Gasteiger partial charge in [-0.25, -0.2) is 0 Å². The molecular formula is C17H30IN3OS. The largest absolute Gasteiger partial charge is 0.496 e. The number of nitrogens with one attached hydrogen (secondary N) is 2. The fourth-order valence-corrected chi connectivity index (χ4v) is 2.87. The van der Waals surface area contributed by atoms with Crippen molar-refractivity contribution in [2.75, 3.05) is 33.0 Å². The van der Waals surface area contributed by atoms with Crippen LogP contribution in [0, 0.1) is 11.8 Å². The van der Waals surface area contributed by atoms with E-state index < -0.39 is 0 Å². The van der Waals surface area contributed by atoms with Gasteiger partial charge in [0.25, 0.3) is 0 Å². The normalized spacial score (nSPS) is 12.5. The number of hydrogen-bond donors (Lipinski definition) is 2. The summed E-state index contributed by atoms with van der Waals surface area (Å²) in [5, 5.41) is 6.71. The van der Waals surface area contributed by atoms with Gasteiger partial charge in [0.1, 0.15) is 5.75 Å². The maximum atomic E-state index is 5.38. The number of methoxy groups -OCH3 is 1. The highest BCUT2D eigenvalue weighted by Gasteiger charge is 2.08. The topological polar surface area (TPSA) is 45.7 Å². The Bertz CT molecular complexity index is 469. The zero-order chi connectivity index (χ0) is 16.4. The number of guanidine groups is 1. The minimum Gasteiger partial charge on any atom is -0.496 e. The lowest BCUT2D eigenvalue weighted by Crippen LogP contribution is -2.41. The lowest BCUT2D eigenvalue weighted by atomic mass is 10.2. The van der Waals surface area contributed by atoms with Crippen molar-refractivity contribution in [3.8, 4) is 5.75 Å². The number of rotatable bonds is 8. The lowest BCUT2D eigenvalue weighted by Gasteiger charge is -2.17. The third-order valence-corrected chi connectivity index (χ3v) is 4.50. The van der Waals surface area contributed by atoms with Crippen LogP contribution >= 0.6 is 35.7 Å². The van der Waals surface area contributed by atoms with Gasteiger partial charge in [0, 0.05) is 30.8 Å². The molecule has 0 amide bonds. The van der Waals surface area contributed by atoms with E-state index in [1.54, 1.807) is 7.11 Å². The Morgan fingerprint density at radius 3 is 2.43 bits per heavy atom. The van der Waals surface area contributed by atoms with E-state index in [4.69, 9.17) is 4.74 Å². The average molecular weight is 451 g/mol. The summed E-state index contributed by atoms with van der Waals surface area (Å²) in [4.78, 5) is 5.44. The molecule has 0 aromatic heterocycles. The number of halogens is 1. The highest BCUT2D eigenvalue weighted by molar-refractivity contribution is 14.0. The Labute approximate surface area is 162 Å². The molecule has 0 fully saturated rings.